The third kappa shape index (κ3) is 4.52. The van der Waals surface area contributed by atoms with E-state index in [2.05, 4.69) is 47.9 Å². The third-order valence-electron chi connectivity index (χ3n) is 4.07. The van der Waals surface area contributed by atoms with Crippen molar-refractivity contribution in [2.24, 2.45) is 5.10 Å². The molecule has 148 valence electrons. The fourth-order valence-corrected chi connectivity index (χ4v) is 3.67. The third-order valence-corrected chi connectivity index (χ3v) is 5.15. The minimum atomic E-state index is -0.232. The number of fused-ring (bicyclic) bond motifs is 1. The Bertz CT molecular complexity index is 1200. The van der Waals surface area contributed by atoms with Crippen LogP contribution in [0.4, 0.5) is 0 Å². The lowest BCUT2D eigenvalue weighted by Gasteiger charge is -2.12. The van der Waals surface area contributed by atoms with Crippen LogP contribution in [-0.4, -0.2) is 29.6 Å². The molecule has 0 amide bonds. The van der Waals surface area contributed by atoms with Crippen molar-refractivity contribution >= 4 is 49.0 Å². The van der Waals surface area contributed by atoms with Gasteiger partial charge in [-0.15, -0.1) is 6.42 Å². The SMILES string of the molecule is C#CCOc1c(Br)cc(C=Nn2c(CC)nc3ccc(Br)cc3c2=O)cc1OC. The van der Waals surface area contributed by atoms with Gasteiger partial charge in [-0.1, -0.05) is 28.8 Å². The summed E-state index contributed by atoms with van der Waals surface area (Å²) >= 11 is 6.85. The van der Waals surface area contributed by atoms with Gasteiger partial charge in [0, 0.05) is 10.9 Å². The summed E-state index contributed by atoms with van der Waals surface area (Å²) in [4.78, 5) is 17.5. The highest BCUT2D eigenvalue weighted by molar-refractivity contribution is 9.10. The molecule has 0 spiro atoms. The van der Waals surface area contributed by atoms with Crippen molar-refractivity contribution in [1.82, 2.24) is 9.66 Å². The molecule has 0 N–H and O–H groups in total. The van der Waals surface area contributed by atoms with E-state index in [4.69, 9.17) is 15.9 Å². The summed E-state index contributed by atoms with van der Waals surface area (Å²) in [5.74, 6) is 4.00. The zero-order valence-electron chi connectivity index (χ0n) is 15.8. The maximum atomic E-state index is 13.0. The van der Waals surface area contributed by atoms with Gasteiger partial charge in [0.25, 0.3) is 5.56 Å². The largest absolute Gasteiger partial charge is 0.493 e. The zero-order chi connectivity index (χ0) is 21.0. The Hall–Kier alpha value is -2.63. The van der Waals surface area contributed by atoms with Gasteiger partial charge in [0.05, 0.1) is 28.7 Å². The van der Waals surface area contributed by atoms with Crippen molar-refractivity contribution in [1.29, 1.82) is 0 Å². The molecule has 0 atom stereocenters. The van der Waals surface area contributed by atoms with Crippen molar-refractivity contribution in [3.05, 3.63) is 61.0 Å². The number of nitrogens with zero attached hydrogens (tertiary/aromatic N) is 3. The quantitative estimate of drug-likeness (QED) is 0.358. The van der Waals surface area contributed by atoms with Crippen LogP contribution in [0.15, 0.2) is 49.2 Å². The van der Waals surface area contributed by atoms with E-state index in [9.17, 15) is 4.79 Å². The lowest BCUT2D eigenvalue weighted by atomic mass is 10.2. The van der Waals surface area contributed by atoms with E-state index in [0.717, 1.165) is 4.47 Å². The highest BCUT2D eigenvalue weighted by atomic mass is 79.9. The van der Waals surface area contributed by atoms with Gasteiger partial charge in [-0.2, -0.15) is 9.78 Å². The Morgan fingerprint density at radius 1 is 1.31 bits per heavy atom. The van der Waals surface area contributed by atoms with Gasteiger partial charge in [0.15, 0.2) is 11.5 Å². The van der Waals surface area contributed by atoms with E-state index >= 15 is 0 Å². The molecule has 3 rings (SSSR count). The number of rotatable bonds is 6. The Morgan fingerprint density at radius 2 is 2.10 bits per heavy atom. The van der Waals surface area contributed by atoms with Crippen LogP contribution in [0.3, 0.4) is 0 Å². The topological polar surface area (TPSA) is 65.7 Å². The first-order chi connectivity index (χ1) is 14.0. The summed E-state index contributed by atoms with van der Waals surface area (Å²) in [7, 11) is 1.54. The molecule has 0 fully saturated rings. The minimum Gasteiger partial charge on any atom is -0.493 e. The first-order valence-electron chi connectivity index (χ1n) is 8.67. The molecule has 0 saturated carbocycles. The van der Waals surface area contributed by atoms with Crippen molar-refractivity contribution in [3.63, 3.8) is 0 Å². The molecule has 3 aromatic rings. The minimum absolute atomic E-state index is 0.121. The Morgan fingerprint density at radius 3 is 2.79 bits per heavy atom. The van der Waals surface area contributed by atoms with Gasteiger partial charge < -0.3 is 9.47 Å². The smallest absolute Gasteiger partial charge is 0.282 e. The molecule has 0 aliphatic rings. The maximum Gasteiger partial charge on any atom is 0.282 e. The number of aryl methyl sites for hydroxylation is 1. The fourth-order valence-electron chi connectivity index (χ4n) is 2.74. The summed E-state index contributed by atoms with van der Waals surface area (Å²) in [6.07, 6.45) is 7.39. The van der Waals surface area contributed by atoms with Gasteiger partial charge in [0.2, 0.25) is 0 Å². The van der Waals surface area contributed by atoms with Gasteiger partial charge in [-0.25, -0.2) is 4.98 Å². The van der Waals surface area contributed by atoms with Crippen LogP contribution in [0.25, 0.3) is 10.9 Å². The van der Waals surface area contributed by atoms with Crippen LogP contribution >= 0.6 is 31.9 Å². The standard InChI is InChI=1S/C21H17Br2N3O3/c1-4-8-29-20-16(23)9-13(10-18(20)28-3)12-24-26-19(5-2)25-17-7-6-14(22)11-15(17)21(26)27/h1,6-7,9-12H,5,8H2,2-3H3. The summed E-state index contributed by atoms with van der Waals surface area (Å²) in [5, 5.41) is 4.88. The van der Waals surface area contributed by atoms with Gasteiger partial charge in [-0.3, -0.25) is 4.79 Å². The summed E-state index contributed by atoms with van der Waals surface area (Å²) < 4.78 is 13.7. The number of methoxy groups -OCH3 is 1. The van der Waals surface area contributed by atoms with Gasteiger partial charge >= 0.3 is 0 Å². The predicted octanol–water partition coefficient (Wildman–Crippen LogP) is 4.39. The van der Waals surface area contributed by atoms with E-state index in [1.807, 2.05) is 19.1 Å². The molecule has 0 unspecified atom stereocenters. The summed E-state index contributed by atoms with van der Waals surface area (Å²) in [6, 6.07) is 8.97. The normalized spacial score (nSPS) is 11.0. The van der Waals surface area contributed by atoms with Crippen molar-refractivity contribution in [2.45, 2.75) is 13.3 Å². The van der Waals surface area contributed by atoms with Crippen LogP contribution in [-0.2, 0) is 6.42 Å². The molecule has 0 aliphatic heterocycles. The van der Waals surface area contributed by atoms with E-state index in [-0.39, 0.29) is 12.2 Å². The molecule has 1 aromatic heterocycles. The van der Waals surface area contributed by atoms with E-state index < -0.39 is 0 Å². The lowest BCUT2D eigenvalue weighted by Crippen LogP contribution is -2.22. The number of benzene rings is 2. The molecule has 0 saturated heterocycles. The average Bonchev–Trinajstić information content (AvgIpc) is 2.72. The Kier molecular flexibility index (Phi) is 6.72. The number of aromatic nitrogens is 2. The second kappa shape index (κ2) is 9.25. The Labute approximate surface area is 184 Å². The van der Waals surface area contributed by atoms with E-state index in [1.165, 1.54) is 11.8 Å². The van der Waals surface area contributed by atoms with Crippen molar-refractivity contribution in [3.8, 4) is 23.8 Å². The first kappa shape index (κ1) is 21.1. The molecule has 0 radical (unpaired) electrons. The Balaban J connectivity index is 2.07. The van der Waals surface area contributed by atoms with Crippen molar-refractivity contribution < 1.29 is 9.47 Å². The number of ether oxygens (including phenoxy) is 2. The zero-order valence-corrected chi connectivity index (χ0v) is 18.9. The molecule has 8 heteroatoms. The van der Waals surface area contributed by atoms with Crippen molar-refractivity contribution in [2.75, 3.05) is 13.7 Å². The number of halogens is 2. The molecule has 2 aromatic carbocycles. The number of hydrogen-bond donors (Lipinski definition) is 0. The van der Waals surface area contributed by atoms with E-state index in [1.54, 1.807) is 24.4 Å². The van der Waals surface area contributed by atoms with Crippen LogP contribution in [0.5, 0.6) is 11.5 Å². The number of terminal acetylenes is 1. The average molecular weight is 519 g/mol. The molecule has 6 nitrogen and oxygen atoms in total. The van der Waals surface area contributed by atoms with Crippen LogP contribution in [0.2, 0.25) is 0 Å². The highest BCUT2D eigenvalue weighted by Crippen LogP contribution is 2.36. The molecule has 0 aliphatic carbocycles. The van der Waals surface area contributed by atoms with Gasteiger partial charge in [0.1, 0.15) is 12.4 Å². The molecule has 0 bridgehead atoms. The molecular weight excluding hydrogens is 502 g/mol. The predicted molar refractivity (Wildman–Crippen MR) is 121 cm³/mol. The van der Waals surface area contributed by atoms with E-state index in [0.29, 0.717) is 44.7 Å². The lowest BCUT2D eigenvalue weighted by molar-refractivity contribution is 0.329. The molecule has 1 heterocycles. The first-order valence-corrected chi connectivity index (χ1v) is 10.3. The van der Waals surface area contributed by atoms with Gasteiger partial charge in [-0.05, 0) is 51.8 Å². The van der Waals surface area contributed by atoms with Crippen LogP contribution in [0.1, 0.15) is 18.3 Å². The number of hydrogen-bond acceptors (Lipinski definition) is 5. The summed E-state index contributed by atoms with van der Waals surface area (Å²) in [5.41, 5.74) is 1.12. The highest BCUT2D eigenvalue weighted by Gasteiger charge is 2.12. The second-order valence-corrected chi connectivity index (χ2v) is 7.70. The molecule has 29 heavy (non-hydrogen) atoms. The summed E-state index contributed by atoms with van der Waals surface area (Å²) in [6.45, 7) is 2.05. The maximum absolute atomic E-state index is 13.0. The monoisotopic (exact) mass is 517 g/mol. The van der Waals surface area contributed by atoms with Crippen LogP contribution < -0.4 is 15.0 Å². The fraction of sp³-hybridized carbons (Fsp3) is 0.190. The second-order valence-electron chi connectivity index (χ2n) is 5.93. The van der Waals surface area contributed by atoms with Crippen LogP contribution in [0, 0.1) is 12.3 Å². The molecular formula is C21H17Br2N3O3.